The molecule has 3 aromatic rings. The monoisotopic (exact) mass is 396 g/mol. The van der Waals surface area contributed by atoms with Crippen LogP contribution in [0.2, 0.25) is 0 Å². The third-order valence-corrected chi connectivity index (χ3v) is 4.71. The number of hydrogen-bond donors (Lipinski definition) is 3. The minimum absolute atomic E-state index is 0.445. The standard InChI is InChI=1S/C21H28N6O2/c1-15(16-6-8-17(28-3)9-7-16)10-12-23-21(22-2)24-13-11-19-25-20(27-26-19)18-5-4-14-29-18/h4-9,14-15H,10-13H2,1-3H3,(H2,22,23,24)(H,25,26,27). The number of aromatic nitrogens is 3. The predicted octanol–water partition coefficient (Wildman–Crippen LogP) is 2.97. The Hall–Kier alpha value is -3.29. The Balaban J connectivity index is 1.38. The van der Waals surface area contributed by atoms with Crippen LogP contribution in [-0.2, 0) is 6.42 Å². The molecule has 0 saturated carbocycles. The molecule has 1 aromatic carbocycles. The highest BCUT2D eigenvalue weighted by molar-refractivity contribution is 5.79. The van der Waals surface area contributed by atoms with Crippen LogP contribution in [0, 0.1) is 0 Å². The average molecular weight is 396 g/mol. The molecule has 0 aliphatic rings. The summed E-state index contributed by atoms with van der Waals surface area (Å²) in [5.41, 5.74) is 1.30. The molecule has 0 fully saturated rings. The third-order valence-electron chi connectivity index (χ3n) is 4.71. The summed E-state index contributed by atoms with van der Waals surface area (Å²) in [6.07, 6.45) is 3.32. The number of furan rings is 1. The zero-order valence-electron chi connectivity index (χ0n) is 17.1. The van der Waals surface area contributed by atoms with E-state index in [4.69, 9.17) is 9.15 Å². The van der Waals surface area contributed by atoms with Crippen molar-refractivity contribution in [1.29, 1.82) is 0 Å². The van der Waals surface area contributed by atoms with Gasteiger partial charge >= 0.3 is 0 Å². The summed E-state index contributed by atoms with van der Waals surface area (Å²) in [5, 5.41) is 13.8. The van der Waals surface area contributed by atoms with E-state index in [1.807, 2.05) is 24.3 Å². The molecule has 1 atom stereocenters. The number of hydrogen-bond acceptors (Lipinski definition) is 5. The van der Waals surface area contributed by atoms with E-state index in [9.17, 15) is 0 Å². The van der Waals surface area contributed by atoms with E-state index in [0.717, 1.165) is 30.5 Å². The Labute approximate surface area is 170 Å². The van der Waals surface area contributed by atoms with Gasteiger partial charge in [-0.05, 0) is 42.2 Å². The van der Waals surface area contributed by atoms with Crippen LogP contribution in [0.15, 0.2) is 52.1 Å². The second-order valence-electron chi connectivity index (χ2n) is 6.72. The summed E-state index contributed by atoms with van der Waals surface area (Å²) in [6.45, 7) is 3.75. The predicted molar refractivity (Wildman–Crippen MR) is 113 cm³/mol. The van der Waals surface area contributed by atoms with Gasteiger partial charge in [0.1, 0.15) is 11.6 Å². The number of methoxy groups -OCH3 is 1. The van der Waals surface area contributed by atoms with Gasteiger partial charge in [0.15, 0.2) is 11.7 Å². The van der Waals surface area contributed by atoms with Crippen LogP contribution in [0.5, 0.6) is 5.75 Å². The van der Waals surface area contributed by atoms with Gasteiger partial charge in [-0.25, -0.2) is 4.98 Å². The van der Waals surface area contributed by atoms with Gasteiger partial charge in [0.05, 0.1) is 13.4 Å². The molecule has 0 bridgehead atoms. The zero-order valence-corrected chi connectivity index (χ0v) is 17.1. The molecule has 2 aromatic heterocycles. The van der Waals surface area contributed by atoms with Crippen molar-refractivity contribution in [2.24, 2.45) is 4.99 Å². The fraction of sp³-hybridized carbons (Fsp3) is 0.381. The summed E-state index contributed by atoms with van der Waals surface area (Å²) in [5.74, 6) is 4.13. The largest absolute Gasteiger partial charge is 0.497 e. The molecule has 0 aliphatic heterocycles. The zero-order chi connectivity index (χ0) is 20.5. The van der Waals surface area contributed by atoms with Gasteiger partial charge in [-0.2, -0.15) is 5.10 Å². The quantitative estimate of drug-likeness (QED) is 0.380. The van der Waals surface area contributed by atoms with Gasteiger partial charge in [-0.15, -0.1) is 0 Å². The third kappa shape index (κ3) is 5.84. The first-order valence-corrected chi connectivity index (χ1v) is 9.73. The van der Waals surface area contributed by atoms with E-state index < -0.39 is 0 Å². The van der Waals surface area contributed by atoms with Gasteiger partial charge in [0.25, 0.3) is 0 Å². The molecule has 0 radical (unpaired) electrons. The molecule has 0 spiro atoms. The van der Waals surface area contributed by atoms with E-state index in [-0.39, 0.29) is 0 Å². The van der Waals surface area contributed by atoms with Crippen molar-refractivity contribution in [3.8, 4) is 17.3 Å². The van der Waals surface area contributed by atoms with Crippen LogP contribution >= 0.6 is 0 Å². The van der Waals surface area contributed by atoms with Gasteiger partial charge in [-0.3, -0.25) is 10.1 Å². The lowest BCUT2D eigenvalue weighted by molar-refractivity contribution is 0.414. The number of aliphatic imine (C=N–C) groups is 1. The fourth-order valence-electron chi connectivity index (χ4n) is 2.95. The maximum Gasteiger partial charge on any atom is 0.216 e. The minimum Gasteiger partial charge on any atom is -0.497 e. The van der Waals surface area contributed by atoms with Crippen LogP contribution < -0.4 is 15.4 Å². The Morgan fingerprint density at radius 2 is 2.00 bits per heavy atom. The molecule has 2 heterocycles. The number of ether oxygens (including phenoxy) is 1. The number of nitrogens with one attached hydrogen (secondary N) is 3. The summed E-state index contributed by atoms with van der Waals surface area (Å²) in [4.78, 5) is 8.71. The molecule has 3 rings (SSSR count). The normalized spacial score (nSPS) is 12.6. The second kappa shape index (κ2) is 10.3. The Bertz CT molecular complexity index is 886. The van der Waals surface area contributed by atoms with Crippen LogP contribution in [0.1, 0.15) is 30.7 Å². The molecular formula is C21H28N6O2. The van der Waals surface area contributed by atoms with Crippen molar-refractivity contribution >= 4 is 5.96 Å². The molecular weight excluding hydrogens is 368 g/mol. The lowest BCUT2D eigenvalue weighted by Crippen LogP contribution is -2.39. The van der Waals surface area contributed by atoms with Crippen molar-refractivity contribution < 1.29 is 9.15 Å². The molecule has 154 valence electrons. The summed E-state index contributed by atoms with van der Waals surface area (Å²) in [6, 6.07) is 11.9. The number of aromatic amines is 1. The first kappa shape index (κ1) is 20.4. The van der Waals surface area contributed by atoms with E-state index in [0.29, 0.717) is 30.5 Å². The van der Waals surface area contributed by atoms with E-state index in [1.165, 1.54) is 5.56 Å². The summed E-state index contributed by atoms with van der Waals surface area (Å²) < 4.78 is 10.5. The molecule has 8 nitrogen and oxygen atoms in total. The summed E-state index contributed by atoms with van der Waals surface area (Å²) >= 11 is 0. The second-order valence-corrected chi connectivity index (χ2v) is 6.72. The lowest BCUT2D eigenvalue weighted by atomic mass is 9.98. The van der Waals surface area contributed by atoms with Crippen LogP contribution in [-0.4, -0.2) is 48.4 Å². The molecule has 0 saturated heterocycles. The molecule has 0 amide bonds. The van der Waals surface area contributed by atoms with Gasteiger partial charge in [0, 0.05) is 26.6 Å². The number of benzene rings is 1. The maximum absolute atomic E-state index is 5.30. The van der Waals surface area contributed by atoms with Gasteiger partial charge in [-0.1, -0.05) is 19.1 Å². The van der Waals surface area contributed by atoms with E-state index in [2.05, 4.69) is 49.9 Å². The minimum atomic E-state index is 0.445. The number of rotatable bonds is 9. The van der Waals surface area contributed by atoms with Crippen molar-refractivity contribution in [2.75, 3.05) is 27.2 Å². The topological polar surface area (TPSA) is 100 Å². The maximum atomic E-state index is 5.30. The molecule has 1 unspecified atom stereocenters. The Morgan fingerprint density at radius 3 is 2.69 bits per heavy atom. The van der Waals surface area contributed by atoms with Gasteiger partial charge in [0.2, 0.25) is 5.82 Å². The van der Waals surface area contributed by atoms with Crippen LogP contribution in [0.3, 0.4) is 0 Å². The summed E-state index contributed by atoms with van der Waals surface area (Å²) in [7, 11) is 3.45. The highest BCUT2D eigenvalue weighted by Gasteiger charge is 2.09. The van der Waals surface area contributed by atoms with Gasteiger partial charge < -0.3 is 19.8 Å². The lowest BCUT2D eigenvalue weighted by Gasteiger charge is -2.15. The van der Waals surface area contributed by atoms with Crippen molar-refractivity contribution in [2.45, 2.75) is 25.7 Å². The van der Waals surface area contributed by atoms with E-state index >= 15 is 0 Å². The smallest absolute Gasteiger partial charge is 0.216 e. The average Bonchev–Trinajstić information content (AvgIpc) is 3.44. The Kier molecular flexibility index (Phi) is 7.27. The van der Waals surface area contributed by atoms with Crippen LogP contribution in [0.4, 0.5) is 0 Å². The van der Waals surface area contributed by atoms with Crippen LogP contribution in [0.25, 0.3) is 11.6 Å². The first-order chi connectivity index (χ1) is 14.2. The fourth-order valence-corrected chi connectivity index (χ4v) is 2.95. The number of nitrogens with zero attached hydrogens (tertiary/aromatic N) is 3. The van der Waals surface area contributed by atoms with Crippen molar-refractivity contribution in [1.82, 2.24) is 25.8 Å². The SMILES string of the molecule is CN=C(NCCc1nc(-c2ccco2)n[nH]1)NCCC(C)c1ccc(OC)cc1. The Morgan fingerprint density at radius 1 is 1.21 bits per heavy atom. The van der Waals surface area contributed by atoms with Crippen molar-refractivity contribution in [3.05, 3.63) is 54.0 Å². The van der Waals surface area contributed by atoms with Crippen molar-refractivity contribution in [3.63, 3.8) is 0 Å². The number of H-pyrrole nitrogens is 1. The molecule has 8 heteroatoms. The van der Waals surface area contributed by atoms with E-state index in [1.54, 1.807) is 20.4 Å². The molecule has 3 N–H and O–H groups in total. The number of guanidine groups is 1. The molecule has 29 heavy (non-hydrogen) atoms. The molecule has 0 aliphatic carbocycles. The highest BCUT2D eigenvalue weighted by Crippen LogP contribution is 2.21. The first-order valence-electron chi connectivity index (χ1n) is 9.73. The highest BCUT2D eigenvalue weighted by atomic mass is 16.5.